The number of thioether (sulfide) groups is 1. The van der Waals surface area contributed by atoms with Gasteiger partial charge in [-0.15, -0.1) is 0 Å². The highest BCUT2D eigenvalue weighted by Gasteiger charge is 2.08. The van der Waals surface area contributed by atoms with E-state index in [1.165, 1.54) is 7.05 Å². The predicted octanol–water partition coefficient (Wildman–Crippen LogP) is 0.252. The Labute approximate surface area is 133 Å². The van der Waals surface area contributed by atoms with E-state index >= 15 is 0 Å². The number of quaternary nitrogens is 1. The summed E-state index contributed by atoms with van der Waals surface area (Å²) in [5.41, 5.74) is 0. The van der Waals surface area contributed by atoms with Crippen LogP contribution < -0.4 is 10.4 Å². The van der Waals surface area contributed by atoms with Gasteiger partial charge in [-0.25, -0.2) is 0 Å². The topological polar surface area (TPSA) is 99.0 Å². The van der Waals surface area contributed by atoms with Crippen molar-refractivity contribution in [3.05, 3.63) is 51.0 Å². The third-order valence-electron chi connectivity index (χ3n) is 2.61. The van der Waals surface area contributed by atoms with Crippen LogP contribution in [-0.4, -0.2) is 43.3 Å². The molecule has 0 saturated heterocycles. The largest absolute Gasteiger partial charge is 0.628 e. The first-order valence-electron chi connectivity index (χ1n) is 6.78. The van der Waals surface area contributed by atoms with Crippen LogP contribution in [0.3, 0.4) is 0 Å². The van der Waals surface area contributed by atoms with E-state index < -0.39 is 4.92 Å². The molecule has 124 valence electrons. The first kappa shape index (κ1) is 18.5. The van der Waals surface area contributed by atoms with Crippen LogP contribution in [0.4, 0.5) is 0 Å². The Hall–Kier alpha value is -1.55. The lowest BCUT2D eigenvalue weighted by Crippen LogP contribution is -3.03. The Morgan fingerprint density at radius 1 is 1.50 bits per heavy atom. The van der Waals surface area contributed by atoms with Crippen LogP contribution in [0.25, 0.3) is 0 Å². The SMILES string of the molecule is CN(C)Cc1ccc(CSCCN/C(=C\[N+](=O)[O-])[NH+](C)[O-])o1. The Bertz CT molecular complexity index is 502. The van der Waals surface area contributed by atoms with Gasteiger partial charge in [-0.2, -0.15) is 11.8 Å². The molecule has 0 aliphatic carbocycles. The van der Waals surface area contributed by atoms with Crippen molar-refractivity contribution in [3.8, 4) is 0 Å². The fraction of sp³-hybridized carbons (Fsp3) is 0.538. The van der Waals surface area contributed by atoms with Gasteiger partial charge < -0.3 is 24.9 Å². The number of nitrogens with one attached hydrogen (secondary N) is 2. The zero-order valence-corrected chi connectivity index (χ0v) is 13.8. The number of nitrogens with zero attached hydrogens (tertiary/aromatic N) is 2. The molecule has 0 aliphatic heterocycles. The number of hydrogen-bond acceptors (Lipinski definition) is 7. The molecule has 22 heavy (non-hydrogen) atoms. The molecule has 8 nitrogen and oxygen atoms in total. The van der Waals surface area contributed by atoms with Crippen LogP contribution in [0.1, 0.15) is 11.5 Å². The van der Waals surface area contributed by atoms with E-state index in [9.17, 15) is 15.3 Å². The molecule has 0 bridgehead atoms. The average Bonchev–Trinajstić information content (AvgIpc) is 2.83. The third-order valence-corrected chi connectivity index (χ3v) is 3.59. The molecule has 0 amide bonds. The van der Waals surface area contributed by atoms with E-state index in [4.69, 9.17) is 4.42 Å². The second-order valence-electron chi connectivity index (χ2n) is 4.97. The van der Waals surface area contributed by atoms with Crippen molar-refractivity contribution in [1.29, 1.82) is 0 Å². The van der Waals surface area contributed by atoms with Crippen molar-refractivity contribution in [2.24, 2.45) is 0 Å². The summed E-state index contributed by atoms with van der Waals surface area (Å²) in [6.07, 6.45) is 0.701. The maximum atomic E-state index is 11.2. The summed E-state index contributed by atoms with van der Waals surface area (Å²) >= 11 is 1.63. The Morgan fingerprint density at radius 2 is 2.18 bits per heavy atom. The van der Waals surface area contributed by atoms with E-state index in [0.717, 1.165) is 23.8 Å². The van der Waals surface area contributed by atoms with Gasteiger partial charge in [0.1, 0.15) is 11.5 Å². The minimum absolute atomic E-state index is 0.0249. The van der Waals surface area contributed by atoms with E-state index in [1.807, 2.05) is 31.1 Å². The predicted molar refractivity (Wildman–Crippen MR) is 85.6 cm³/mol. The quantitative estimate of drug-likeness (QED) is 0.360. The lowest BCUT2D eigenvalue weighted by molar-refractivity contribution is -0.789. The summed E-state index contributed by atoms with van der Waals surface area (Å²) in [4.78, 5) is 11.8. The fourth-order valence-electron chi connectivity index (χ4n) is 1.69. The standard InChI is InChI=1S/C13H22N4O4S/c1-15(2)8-11-4-5-12(21-11)10-22-7-6-14-13(16(3)18)9-17(19)20/h4-5,9,14,16H,6-8,10H2,1-3H3/b13-9+. The van der Waals surface area contributed by atoms with Crippen molar-refractivity contribution < 1.29 is 14.4 Å². The molecule has 0 fully saturated rings. The lowest BCUT2D eigenvalue weighted by atomic mass is 10.4. The molecule has 0 saturated carbocycles. The Balaban J connectivity index is 2.27. The lowest BCUT2D eigenvalue weighted by Gasteiger charge is -2.17. The van der Waals surface area contributed by atoms with Gasteiger partial charge in [0.2, 0.25) is 0 Å². The summed E-state index contributed by atoms with van der Waals surface area (Å²) in [6, 6.07) is 3.91. The van der Waals surface area contributed by atoms with Crippen LogP contribution in [0, 0.1) is 15.3 Å². The average molecular weight is 330 g/mol. The van der Waals surface area contributed by atoms with Crippen LogP contribution >= 0.6 is 11.8 Å². The highest BCUT2D eigenvalue weighted by Crippen LogP contribution is 2.15. The smallest absolute Gasteiger partial charge is 0.312 e. The summed E-state index contributed by atoms with van der Waals surface area (Å²) in [5.74, 6) is 3.29. The highest BCUT2D eigenvalue weighted by atomic mass is 32.2. The van der Waals surface area contributed by atoms with Gasteiger partial charge in [0.15, 0.2) is 0 Å². The molecule has 1 unspecified atom stereocenters. The van der Waals surface area contributed by atoms with Gasteiger partial charge in [0, 0.05) is 12.3 Å². The van der Waals surface area contributed by atoms with E-state index in [-0.39, 0.29) is 10.9 Å². The minimum Gasteiger partial charge on any atom is -0.628 e. The molecule has 1 aromatic heterocycles. The van der Waals surface area contributed by atoms with Crippen molar-refractivity contribution in [2.45, 2.75) is 12.3 Å². The number of hydrogen-bond donors (Lipinski definition) is 2. The van der Waals surface area contributed by atoms with E-state index in [0.29, 0.717) is 18.5 Å². The van der Waals surface area contributed by atoms with Gasteiger partial charge >= 0.3 is 6.20 Å². The summed E-state index contributed by atoms with van der Waals surface area (Å²) in [6.45, 7) is 1.25. The molecule has 1 heterocycles. The third kappa shape index (κ3) is 7.46. The Kier molecular flexibility index (Phi) is 7.96. The molecule has 0 aliphatic rings. The van der Waals surface area contributed by atoms with Crippen LogP contribution in [-0.2, 0) is 12.3 Å². The van der Waals surface area contributed by atoms with Crippen molar-refractivity contribution in [2.75, 3.05) is 33.4 Å². The minimum atomic E-state index is -0.633. The van der Waals surface area contributed by atoms with Crippen molar-refractivity contribution in [1.82, 2.24) is 10.2 Å². The first-order valence-corrected chi connectivity index (χ1v) is 7.94. The normalized spacial score (nSPS) is 13.4. The fourth-order valence-corrected chi connectivity index (χ4v) is 2.44. The van der Waals surface area contributed by atoms with Crippen LogP contribution in [0.2, 0.25) is 0 Å². The summed E-state index contributed by atoms with van der Waals surface area (Å²) < 4.78 is 5.68. The molecule has 1 rings (SSSR count). The molecule has 0 aromatic carbocycles. The van der Waals surface area contributed by atoms with Gasteiger partial charge in [-0.1, -0.05) is 0 Å². The maximum Gasteiger partial charge on any atom is 0.312 e. The molecular formula is C13H22N4O4S. The maximum absolute atomic E-state index is 11.2. The van der Waals surface area contributed by atoms with Crippen molar-refractivity contribution in [3.63, 3.8) is 0 Å². The highest BCUT2D eigenvalue weighted by molar-refractivity contribution is 7.98. The molecule has 9 heteroatoms. The monoisotopic (exact) mass is 330 g/mol. The van der Waals surface area contributed by atoms with E-state index in [1.54, 1.807) is 11.8 Å². The number of hydroxylamine groups is 2. The molecule has 1 atom stereocenters. The zero-order valence-electron chi connectivity index (χ0n) is 13.0. The van der Waals surface area contributed by atoms with Gasteiger partial charge in [-0.3, -0.25) is 10.1 Å². The van der Waals surface area contributed by atoms with Gasteiger partial charge in [-0.05, 0) is 26.2 Å². The second-order valence-corrected chi connectivity index (χ2v) is 6.07. The molecule has 1 aromatic rings. The first-order chi connectivity index (χ1) is 10.4. The van der Waals surface area contributed by atoms with Gasteiger partial charge in [0.25, 0.3) is 5.82 Å². The van der Waals surface area contributed by atoms with E-state index in [2.05, 4.69) is 5.32 Å². The zero-order chi connectivity index (χ0) is 16.5. The second kappa shape index (κ2) is 9.46. The van der Waals surface area contributed by atoms with Crippen molar-refractivity contribution >= 4 is 11.8 Å². The van der Waals surface area contributed by atoms with Crippen LogP contribution in [0.5, 0.6) is 0 Å². The molecule has 0 spiro atoms. The number of furan rings is 1. The molecular weight excluding hydrogens is 308 g/mol. The summed E-state index contributed by atoms with van der Waals surface area (Å²) in [5, 5.41) is 24.0. The molecule has 0 radical (unpaired) electrons. The summed E-state index contributed by atoms with van der Waals surface area (Å²) in [7, 11) is 5.26. The number of rotatable bonds is 10. The molecule has 2 N–H and O–H groups in total. The van der Waals surface area contributed by atoms with Gasteiger partial charge in [0.05, 0.1) is 24.3 Å². The van der Waals surface area contributed by atoms with Crippen LogP contribution in [0.15, 0.2) is 28.6 Å². The number of nitro groups is 1. The Morgan fingerprint density at radius 3 is 2.77 bits per heavy atom.